The molecule has 0 bridgehead atoms. The molecule has 1 aromatic heterocycles. The normalized spacial score (nSPS) is 19.4. The van der Waals surface area contributed by atoms with E-state index >= 15 is 0 Å². The highest BCUT2D eigenvalue weighted by Crippen LogP contribution is 2.44. The Balaban J connectivity index is 1.58. The van der Waals surface area contributed by atoms with Crippen molar-refractivity contribution in [3.05, 3.63) is 23.6 Å². The Hall–Kier alpha value is -2.25. The Labute approximate surface area is 159 Å². The fraction of sp³-hybridized carbons (Fsp3) is 0.550. The largest absolute Gasteiger partial charge is 0.493 e. The van der Waals surface area contributed by atoms with E-state index in [1.54, 1.807) is 14.2 Å². The number of oxazole rings is 1. The second kappa shape index (κ2) is 7.78. The second-order valence-electron chi connectivity index (χ2n) is 7.01. The van der Waals surface area contributed by atoms with Crippen molar-refractivity contribution in [1.82, 2.24) is 9.88 Å². The maximum absolute atomic E-state index is 5.98. The molecule has 27 heavy (non-hydrogen) atoms. The maximum Gasteiger partial charge on any atom is 0.231 e. The average Bonchev–Trinajstić information content (AvgIpc) is 3.29. The van der Waals surface area contributed by atoms with Crippen LogP contribution in [-0.4, -0.2) is 50.1 Å². The summed E-state index contributed by atoms with van der Waals surface area (Å²) in [4.78, 5) is 7.21. The van der Waals surface area contributed by atoms with Gasteiger partial charge >= 0.3 is 0 Å². The second-order valence-corrected chi connectivity index (χ2v) is 7.01. The topological polar surface area (TPSA) is 66.2 Å². The van der Waals surface area contributed by atoms with Gasteiger partial charge in [-0.1, -0.05) is 6.42 Å². The van der Waals surface area contributed by atoms with E-state index in [9.17, 15) is 0 Å². The molecule has 0 unspecified atom stereocenters. The van der Waals surface area contributed by atoms with Gasteiger partial charge in [0, 0.05) is 25.3 Å². The third-order valence-electron chi connectivity index (χ3n) is 5.26. The number of fused-ring (bicyclic) bond motifs is 1. The summed E-state index contributed by atoms with van der Waals surface area (Å²) in [5.41, 5.74) is 1.78. The Morgan fingerprint density at radius 3 is 2.93 bits per heavy atom. The Kier molecular flexibility index (Phi) is 5.22. The van der Waals surface area contributed by atoms with E-state index in [1.165, 1.54) is 12.8 Å². The lowest BCUT2D eigenvalue weighted by atomic mass is 10.0. The van der Waals surface area contributed by atoms with Crippen molar-refractivity contribution in [3.63, 3.8) is 0 Å². The maximum atomic E-state index is 5.98. The number of likely N-dealkylation sites (tertiary alicyclic amines) is 1. The number of nitrogens with zero attached hydrogens (tertiary/aromatic N) is 2. The van der Waals surface area contributed by atoms with Gasteiger partial charge < -0.3 is 23.4 Å². The lowest BCUT2D eigenvalue weighted by Crippen LogP contribution is -2.41. The summed E-state index contributed by atoms with van der Waals surface area (Å²) in [6.45, 7) is 4.74. The SMILES string of the molecule is COC[C@H]1CCCCN1Cc1nc(-c2cc(OC)c3c(c2)OCO3)oc1C. The van der Waals surface area contributed by atoms with E-state index in [2.05, 4.69) is 4.90 Å². The number of methoxy groups -OCH3 is 2. The number of rotatable bonds is 6. The summed E-state index contributed by atoms with van der Waals surface area (Å²) in [6.07, 6.45) is 3.63. The highest BCUT2D eigenvalue weighted by Gasteiger charge is 2.26. The van der Waals surface area contributed by atoms with Crippen LogP contribution in [0.15, 0.2) is 16.5 Å². The summed E-state index contributed by atoms with van der Waals surface area (Å²) in [5.74, 6) is 3.30. The van der Waals surface area contributed by atoms with Crippen LogP contribution in [0.4, 0.5) is 0 Å². The fourth-order valence-corrected chi connectivity index (χ4v) is 3.79. The number of hydrogen-bond acceptors (Lipinski definition) is 7. The van der Waals surface area contributed by atoms with E-state index in [0.29, 0.717) is 29.2 Å². The molecule has 1 fully saturated rings. The molecule has 3 heterocycles. The van der Waals surface area contributed by atoms with Crippen LogP contribution in [0.3, 0.4) is 0 Å². The van der Waals surface area contributed by atoms with Gasteiger partial charge in [-0.2, -0.15) is 0 Å². The van der Waals surface area contributed by atoms with Crippen molar-refractivity contribution >= 4 is 0 Å². The molecule has 0 N–H and O–H groups in total. The Morgan fingerprint density at radius 2 is 2.11 bits per heavy atom. The molecule has 7 heteroatoms. The number of ether oxygens (including phenoxy) is 4. The quantitative estimate of drug-likeness (QED) is 0.768. The molecule has 2 aliphatic rings. The number of aromatic nitrogens is 1. The summed E-state index contributed by atoms with van der Waals surface area (Å²) >= 11 is 0. The smallest absolute Gasteiger partial charge is 0.231 e. The van der Waals surface area contributed by atoms with Crippen LogP contribution in [0, 0.1) is 6.92 Å². The molecule has 2 aromatic rings. The summed E-state index contributed by atoms with van der Waals surface area (Å²) in [5, 5.41) is 0. The van der Waals surface area contributed by atoms with Gasteiger partial charge in [-0.15, -0.1) is 0 Å². The Morgan fingerprint density at radius 1 is 1.22 bits per heavy atom. The molecule has 146 valence electrons. The van der Waals surface area contributed by atoms with Gasteiger partial charge in [0.15, 0.2) is 11.5 Å². The van der Waals surface area contributed by atoms with E-state index in [0.717, 1.165) is 43.1 Å². The summed E-state index contributed by atoms with van der Waals surface area (Å²) in [6, 6.07) is 4.19. The monoisotopic (exact) mass is 374 g/mol. The van der Waals surface area contributed by atoms with Gasteiger partial charge in [0.2, 0.25) is 18.4 Å². The molecule has 2 aliphatic heterocycles. The average molecular weight is 374 g/mol. The first kappa shape index (κ1) is 18.1. The minimum absolute atomic E-state index is 0.195. The minimum Gasteiger partial charge on any atom is -0.493 e. The van der Waals surface area contributed by atoms with E-state index in [4.69, 9.17) is 28.3 Å². The molecular weight excluding hydrogens is 348 g/mol. The first-order chi connectivity index (χ1) is 13.2. The lowest BCUT2D eigenvalue weighted by Gasteiger charge is -2.34. The van der Waals surface area contributed by atoms with Gasteiger partial charge in [-0.05, 0) is 38.4 Å². The molecule has 0 amide bonds. The zero-order chi connectivity index (χ0) is 18.8. The Bertz CT molecular complexity index is 802. The van der Waals surface area contributed by atoms with Crippen molar-refractivity contribution in [2.75, 3.05) is 34.2 Å². The minimum atomic E-state index is 0.195. The lowest BCUT2D eigenvalue weighted by molar-refractivity contribution is 0.0590. The van der Waals surface area contributed by atoms with Crippen LogP contribution < -0.4 is 14.2 Å². The van der Waals surface area contributed by atoms with Crippen molar-refractivity contribution in [2.24, 2.45) is 0 Å². The number of hydrogen-bond donors (Lipinski definition) is 0. The standard InChI is InChI=1S/C20H26N2O5/c1-13-16(10-22-7-5-4-6-15(22)11-23-2)21-20(27-13)14-8-17(24-3)19-18(9-14)25-12-26-19/h8-9,15H,4-7,10-12H2,1-3H3/t15-/m1/s1. The zero-order valence-electron chi connectivity index (χ0n) is 16.1. The molecule has 1 saturated heterocycles. The van der Waals surface area contributed by atoms with Crippen molar-refractivity contribution in [1.29, 1.82) is 0 Å². The van der Waals surface area contributed by atoms with Crippen LogP contribution in [0.5, 0.6) is 17.2 Å². The molecule has 0 saturated carbocycles. The fourth-order valence-electron chi connectivity index (χ4n) is 3.79. The predicted molar refractivity (Wildman–Crippen MR) is 99.3 cm³/mol. The first-order valence-corrected chi connectivity index (χ1v) is 9.37. The molecule has 0 radical (unpaired) electrons. The zero-order valence-corrected chi connectivity index (χ0v) is 16.1. The van der Waals surface area contributed by atoms with Crippen LogP contribution >= 0.6 is 0 Å². The highest BCUT2D eigenvalue weighted by atomic mass is 16.7. The highest BCUT2D eigenvalue weighted by molar-refractivity contribution is 5.66. The number of piperidine rings is 1. The molecule has 4 rings (SSSR count). The first-order valence-electron chi connectivity index (χ1n) is 9.37. The molecule has 0 spiro atoms. The summed E-state index contributed by atoms with van der Waals surface area (Å²) < 4.78 is 27.8. The van der Waals surface area contributed by atoms with Crippen molar-refractivity contribution in [3.8, 4) is 28.7 Å². The van der Waals surface area contributed by atoms with Crippen LogP contribution in [0.25, 0.3) is 11.5 Å². The molecule has 0 aliphatic carbocycles. The van der Waals surface area contributed by atoms with Gasteiger partial charge in [-0.3, -0.25) is 4.90 Å². The van der Waals surface area contributed by atoms with Crippen LogP contribution in [0.1, 0.15) is 30.7 Å². The molecule has 7 nitrogen and oxygen atoms in total. The molecule has 1 atom stereocenters. The summed E-state index contributed by atoms with van der Waals surface area (Å²) in [7, 11) is 3.37. The third-order valence-corrected chi connectivity index (χ3v) is 5.26. The van der Waals surface area contributed by atoms with Crippen molar-refractivity contribution in [2.45, 2.75) is 38.8 Å². The van der Waals surface area contributed by atoms with E-state index in [1.807, 2.05) is 19.1 Å². The van der Waals surface area contributed by atoms with Gasteiger partial charge in [-0.25, -0.2) is 4.98 Å². The van der Waals surface area contributed by atoms with Crippen LogP contribution in [0.2, 0.25) is 0 Å². The molecule has 1 aromatic carbocycles. The van der Waals surface area contributed by atoms with Crippen LogP contribution in [-0.2, 0) is 11.3 Å². The number of aryl methyl sites for hydroxylation is 1. The van der Waals surface area contributed by atoms with Crippen molar-refractivity contribution < 1.29 is 23.4 Å². The number of benzene rings is 1. The van der Waals surface area contributed by atoms with Gasteiger partial charge in [0.05, 0.1) is 19.4 Å². The predicted octanol–water partition coefficient (Wildman–Crippen LogP) is 3.39. The molecular formula is C20H26N2O5. The third kappa shape index (κ3) is 3.61. The van der Waals surface area contributed by atoms with E-state index in [-0.39, 0.29) is 6.79 Å². The van der Waals surface area contributed by atoms with Gasteiger partial charge in [0.1, 0.15) is 5.76 Å². The van der Waals surface area contributed by atoms with E-state index < -0.39 is 0 Å². The van der Waals surface area contributed by atoms with Gasteiger partial charge in [0.25, 0.3) is 0 Å².